The van der Waals surface area contributed by atoms with Gasteiger partial charge in [-0.05, 0) is 17.7 Å². The Bertz CT molecular complexity index is 402. The van der Waals surface area contributed by atoms with Crippen molar-refractivity contribution < 1.29 is 9.90 Å². The Kier molecular flexibility index (Phi) is 4.33. The van der Waals surface area contributed by atoms with Gasteiger partial charge in [-0.3, -0.25) is 0 Å². The Morgan fingerprint density at radius 1 is 1.19 bits per heavy atom. The summed E-state index contributed by atoms with van der Waals surface area (Å²) in [6, 6.07) is 8.00. The average Bonchev–Trinajstić information content (AvgIpc) is 2.25. The van der Waals surface area contributed by atoms with E-state index in [1.807, 2.05) is 49.3 Å². The van der Waals surface area contributed by atoms with Crippen LogP contribution in [0.25, 0.3) is 6.08 Å². The van der Waals surface area contributed by atoms with Crippen molar-refractivity contribution in [3.05, 3.63) is 48.1 Å². The number of hydrogen-bond acceptors (Lipinski definition) is 2. The van der Waals surface area contributed by atoms with Crippen molar-refractivity contribution in [2.75, 3.05) is 19.0 Å². The molecule has 1 rings (SSSR count). The van der Waals surface area contributed by atoms with E-state index >= 15 is 0 Å². The van der Waals surface area contributed by atoms with Crippen molar-refractivity contribution in [3.8, 4) is 0 Å². The number of carboxylic acids is 1. The first kappa shape index (κ1) is 12.0. The van der Waals surface area contributed by atoms with Crippen molar-refractivity contribution in [1.29, 1.82) is 0 Å². The van der Waals surface area contributed by atoms with Crippen LogP contribution in [0.15, 0.2) is 42.5 Å². The van der Waals surface area contributed by atoms with E-state index in [4.69, 9.17) is 5.11 Å². The Morgan fingerprint density at radius 2 is 1.81 bits per heavy atom. The molecule has 16 heavy (non-hydrogen) atoms. The molecule has 0 amide bonds. The second kappa shape index (κ2) is 5.75. The van der Waals surface area contributed by atoms with Crippen LogP contribution in [-0.4, -0.2) is 25.2 Å². The van der Waals surface area contributed by atoms with Crippen molar-refractivity contribution in [3.63, 3.8) is 0 Å². The lowest BCUT2D eigenvalue weighted by molar-refractivity contribution is -0.131. The number of rotatable bonds is 4. The van der Waals surface area contributed by atoms with Crippen LogP contribution in [0, 0.1) is 0 Å². The van der Waals surface area contributed by atoms with E-state index in [0.717, 1.165) is 17.3 Å². The van der Waals surface area contributed by atoms with Gasteiger partial charge in [0.2, 0.25) is 0 Å². The largest absolute Gasteiger partial charge is 0.478 e. The van der Waals surface area contributed by atoms with Gasteiger partial charge in [-0.25, -0.2) is 4.79 Å². The first-order valence-corrected chi connectivity index (χ1v) is 4.94. The lowest BCUT2D eigenvalue weighted by atomic mass is 10.2. The predicted molar refractivity (Wildman–Crippen MR) is 66.6 cm³/mol. The molecule has 0 unspecified atom stereocenters. The van der Waals surface area contributed by atoms with Gasteiger partial charge >= 0.3 is 5.97 Å². The molecule has 0 fully saturated rings. The second-order valence-corrected chi connectivity index (χ2v) is 3.54. The van der Waals surface area contributed by atoms with E-state index < -0.39 is 5.97 Å². The first-order chi connectivity index (χ1) is 7.59. The molecule has 1 N–H and O–H groups in total. The minimum Gasteiger partial charge on any atom is -0.478 e. The lowest BCUT2D eigenvalue weighted by Gasteiger charge is -2.11. The Balaban J connectivity index is 2.65. The van der Waals surface area contributed by atoms with E-state index in [1.54, 1.807) is 6.08 Å². The molecule has 0 spiro atoms. The van der Waals surface area contributed by atoms with Crippen LogP contribution in [0.3, 0.4) is 0 Å². The SMILES string of the molecule is CN(C)c1ccc(C=CC=CC(=O)O)cc1. The van der Waals surface area contributed by atoms with Gasteiger partial charge in [0.15, 0.2) is 0 Å². The Hall–Kier alpha value is -2.03. The fourth-order valence-electron chi connectivity index (χ4n) is 1.19. The molecule has 0 bridgehead atoms. The van der Waals surface area contributed by atoms with Gasteiger partial charge in [0.05, 0.1) is 0 Å². The maximum atomic E-state index is 10.2. The number of carbonyl (C=O) groups is 1. The normalized spacial score (nSPS) is 11.1. The summed E-state index contributed by atoms with van der Waals surface area (Å²) in [7, 11) is 3.97. The highest BCUT2D eigenvalue weighted by atomic mass is 16.4. The van der Waals surface area contributed by atoms with Gasteiger partial charge < -0.3 is 10.0 Å². The summed E-state index contributed by atoms with van der Waals surface area (Å²) in [4.78, 5) is 12.2. The minimum atomic E-state index is -0.937. The number of aliphatic carboxylic acids is 1. The zero-order valence-corrected chi connectivity index (χ0v) is 9.42. The van der Waals surface area contributed by atoms with E-state index in [-0.39, 0.29) is 0 Å². The summed E-state index contributed by atoms with van der Waals surface area (Å²) in [6.07, 6.45) is 6.17. The molecule has 0 aliphatic rings. The van der Waals surface area contributed by atoms with Crippen LogP contribution in [0.4, 0.5) is 5.69 Å². The molecular formula is C13H15NO2. The van der Waals surface area contributed by atoms with E-state index in [9.17, 15) is 4.79 Å². The molecule has 0 aliphatic heterocycles. The fraction of sp³-hybridized carbons (Fsp3) is 0.154. The summed E-state index contributed by atoms with van der Waals surface area (Å²) in [5.74, 6) is -0.937. The number of allylic oxidation sites excluding steroid dienone is 2. The molecule has 84 valence electrons. The molecular weight excluding hydrogens is 202 g/mol. The maximum absolute atomic E-state index is 10.2. The highest BCUT2D eigenvalue weighted by molar-refractivity contribution is 5.80. The van der Waals surface area contributed by atoms with Crippen LogP contribution in [0.1, 0.15) is 5.56 Å². The van der Waals surface area contributed by atoms with Crippen molar-refractivity contribution >= 4 is 17.7 Å². The summed E-state index contributed by atoms with van der Waals surface area (Å²) in [6.45, 7) is 0. The van der Waals surface area contributed by atoms with E-state index in [2.05, 4.69) is 0 Å². The molecule has 0 saturated carbocycles. The number of anilines is 1. The average molecular weight is 217 g/mol. The zero-order chi connectivity index (χ0) is 12.0. The highest BCUT2D eigenvalue weighted by Crippen LogP contribution is 2.12. The number of benzene rings is 1. The molecule has 1 aromatic rings. The summed E-state index contributed by atoms with van der Waals surface area (Å²) >= 11 is 0. The standard InChI is InChI=1S/C13H15NO2/c1-14(2)12-9-7-11(8-10-12)5-3-4-6-13(15)16/h3-10H,1-2H3,(H,15,16). The van der Waals surface area contributed by atoms with Crippen molar-refractivity contribution in [2.45, 2.75) is 0 Å². The lowest BCUT2D eigenvalue weighted by Crippen LogP contribution is -2.07. The van der Waals surface area contributed by atoms with Gasteiger partial charge in [-0.1, -0.05) is 30.4 Å². The van der Waals surface area contributed by atoms with Crippen molar-refractivity contribution in [2.24, 2.45) is 0 Å². The highest BCUT2D eigenvalue weighted by Gasteiger charge is 1.92. The van der Waals surface area contributed by atoms with E-state index in [1.165, 1.54) is 6.08 Å². The number of nitrogens with zero attached hydrogens (tertiary/aromatic N) is 1. The number of hydrogen-bond donors (Lipinski definition) is 1. The zero-order valence-electron chi connectivity index (χ0n) is 9.42. The van der Waals surface area contributed by atoms with Crippen molar-refractivity contribution in [1.82, 2.24) is 0 Å². The monoisotopic (exact) mass is 217 g/mol. The molecule has 0 atom stereocenters. The first-order valence-electron chi connectivity index (χ1n) is 4.94. The predicted octanol–water partition coefficient (Wildman–Crippen LogP) is 2.41. The Labute approximate surface area is 95.3 Å². The summed E-state index contributed by atoms with van der Waals surface area (Å²) in [5, 5.41) is 8.38. The third-order valence-electron chi connectivity index (χ3n) is 2.05. The van der Waals surface area contributed by atoms with Gasteiger partial charge in [-0.2, -0.15) is 0 Å². The van der Waals surface area contributed by atoms with Gasteiger partial charge in [-0.15, -0.1) is 0 Å². The third-order valence-corrected chi connectivity index (χ3v) is 2.05. The van der Waals surface area contributed by atoms with Crippen LogP contribution in [0.2, 0.25) is 0 Å². The molecule has 0 aliphatic carbocycles. The van der Waals surface area contributed by atoms with Gasteiger partial charge in [0.25, 0.3) is 0 Å². The second-order valence-electron chi connectivity index (χ2n) is 3.54. The molecule has 0 radical (unpaired) electrons. The smallest absolute Gasteiger partial charge is 0.328 e. The minimum absolute atomic E-state index is 0.937. The molecule has 3 heteroatoms. The van der Waals surface area contributed by atoms with Crippen LogP contribution in [0.5, 0.6) is 0 Å². The van der Waals surface area contributed by atoms with Crippen LogP contribution in [-0.2, 0) is 4.79 Å². The molecule has 0 saturated heterocycles. The molecule has 0 aromatic heterocycles. The molecule has 0 heterocycles. The topological polar surface area (TPSA) is 40.5 Å². The maximum Gasteiger partial charge on any atom is 0.328 e. The quantitative estimate of drug-likeness (QED) is 0.622. The third kappa shape index (κ3) is 4.00. The van der Waals surface area contributed by atoms with Gasteiger partial charge in [0.1, 0.15) is 0 Å². The summed E-state index contributed by atoms with van der Waals surface area (Å²) < 4.78 is 0. The van der Waals surface area contributed by atoms with Gasteiger partial charge in [0, 0.05) is 25.9 Å². The van der Waals surface area contributed by atoms with Crippen LogP contribution >= 0.6 is 0 Å². The van der Waals surface area contributed by atoms with E-state index in [0.29, 0.717) is 0 Å². The molecule has 3 nitrogen and oxygen atoms in total. The summed E-state index contributed by atoms with van der Waals surface area (Å²) in [5.41, 5.74) is 2.18. The Morgan fingerprint density at radius 3 is 2.31 bits per heavy atom. The fourth-order valence-corrected chi connectivity index (χ4v) is 1.19. The van der Waals surface area contributed by atoms with Crippen LogP contribution < -0.4 is 4.90 Å². The number of carboxylic acid groups (broad SMARTS) is 1. The molecule has 1 aromatic carbocycles.